The summed E-state index contributed by atoms with van der Waals surface area (Å²) in [4.78, 5) is 41.5. The highest BCUT2D eigenvalue weighted by molar-refractivity contribution is 5.81. The molecule has 0 fully saturated rings. The number of rotatable bonds is 5. The molecular weight excluding hydrogens is 352 g/mol. The first-order valence-corrected chi connectivity index (χ1v) is 8.09. The van der Waals surface area contributed by atoms with Gasteiger partial charge in [-0.15, -0.1) is 5.10 Å². The van der Waals surface area contributed by atoms with Crippen LogP contribution in [-0.4, -0.2) is 33.3 Å². The number of aromatic nitrogens is 3. The Morgan fingerprint density at radius 3 is 2.59 bits per heavy atom. The summed E-state index contributed by atoms with van der Waals surface area (Å²) in [6.45, 7) is 1.45. The van der Waals surface area contributed by atoms with Crippen molar-refractivity contribution >= 4 is 23.0 Å². The summed E-state index contributed by atoms with van der Waals surface area (Å²) in [7, 11) is 0. The Labute approximate surface area is 153 Å². The minimum absolute atomic E-state index is 0.0596. The van der Waals surface area contributed by atoms with E-state index in [1.807, 2.05) is 18.2 Å². The van der Waals surface area contributed by atoms with Crippen LogP contribution in [0.25, 0.3) is 10.9 Å². The number of hydrogen-bond acceptors (Lipinski definition) is 7. The molecule has 0 bridgehead atoms. The Morgan fingerprint density at radius 1 is 1.11 bits per heavy atom. The molecule has 138 valence electrons. The zero-order chi connectivity index (χ0) is 19.2. The molecule has 27 heavy (non-hydrogen) atoms. The number of carbonyl (C=O) groups is 2. The largest absolute Gasteiger partial charge is 0.445 e. The van der Waals surface area contributed by atoms with Crippen LogP contribution in [0, 0.1) is 0 Å². The molecule has 0 aliphatic carbocycles. The van der Waals surface area contributed by atoms with Crippen molar-refractivity contribution in [3.63, 3.8) is 0 Å². The van der Waals surface area contributed by atoms with Gasteiger partial charge in [-0.05, 0) is 34.7 Å². The van der Waals surface area contributed by atoms with Crippen molar-refractivity contribution < 1.29 is 19.2 Å². The van der Waals surface area contributed by atoms with Gasteiger partial charge in [0, 0.05) is 0 Å². The Balaban J connectivity index is 1.58. The highest BCUT2D eigenvalue weighted by Gasteiger charge is 2.20. The number of fused-ring (bicyclic) bond motifs is 1. The highest BCUT2D eigenvalue weighted by Crippen LogP contribution is 2.03. The average molecular weight is 368 g/mol. The number of alkyl carbamates (subject to hydrolysis) is 1. The summed E-state index contributed by atoms with van der Waals surface area (Å²) in [5, 5.41) is 9.93. The fraction of sp³-hybridized carbons (Fsp3) is 0.167. The molecule has 3 rings (SSSR count). The quantitative estimate of drug-likeness (QED) is 0.670. The van der Waals surface area contributed by atoms with Gasteiger partial charge in [-0.3, -0.25) is 4.79 Å². The topological polar surface area (TPSA) is 112 Å². The van der Waals surface area contributed by atoms with Crippen molar-refractivity contribution in [2.75, 3.05) is 0 Å². The molecule has 1 atom stereocenters. The molecule has 0 unspecified atom stereocenters. The van der Waals surface area contributed by atoms with Crippen LogP contribution in [0.3, 0.4) is 0 Å². The van der Waals surface area contributed by atoms with Crippen LogP contribution in [0.2, 0.25) is 0 Å². The second-order valence-corrected chi connectivity index (χ2v) is 5.62. The number of hydrogen-bond donors (Lipinski definition) is 1. The Bertz CT molecular complexity index is 1020. The van der Waals surface area contributed by atoms with Gasteiger partial charge >= 0.3 is 17.6 Å². The molecule has 1 amide bonds. The smallest absolute Gasteiger partial charge is 0.408 e. The number of ether oxygens (including phenoxy) is 1. The molecule has 0 aliphatic heterocycles. The second-order valence-electron chi connectivity index (χ2n) is 5.62. The lowest BCUT2D eigenvalue weighted by atomic mass is 10.2. The minimum Gasteiger partial charge on any atom is -0.445 e. The van der Waals surface area contributed by atoms with Crippen LogP contribution in [0.1, 0.15) is 12.5 Å². The number of nitrogens with one attached hydrogen (secondary N) is 1. The summed E-state index contributed by atoms with van der Waals surface area (Å²) < 4.78 is 5.03. The molecular formula is C18H16N4O5. The number of benzene rings is 2. The molecule has 1 aromatic heterocycles. The van der Waals surface area contributed by atoms with Gasteiger partial charge in [0.1, 0.15) is 18.2 Å². The minimum atomic E-state index is -1.06. The lowest BCUT2D eigenvalue weighted by Gasteiger charge is -2.13. The van der Waals surface area contributed by atoms with Gasteiger partial charge in [-0.2, -0.15) is 0 Å². The van der Waals surface area contributed by atoms with Crippen LogP contribution in [0.15, 0.2) is 59.4 Å². The third kappa shape index (κ3) is 4.46. The van der Waals surface area contributed by atoms with E-state index in [1.165, 1.54) is 6.92 Å². The summed E-state index contributed by atoms with van der Waals surface area (Å²) in [6.07, 6.45) is -0.791. The molecule has 1 heterocycles. The van der Waals surface area contributed by atoms with Gasteiger partial charge in [0.05, 0.1) is 5.39 Å². The van der Waals surface area contributed by atoms with E-state index in [1.54, 1.807) is 36.4 Å². The number of amides is 1. The summed E-state index contributed by atoms with van der Waals surface area (Å²) >= 11 is 0. The third-order valence-corrected chi connectivity index (χ3v) is 3.62. The average Bonchev–Trinajstić information content (AvgIpc) is 2.69. The first-order chi connectivity index (χ1) is 13.0. The molecule has 0 radical (unpaired) electrons. The van der Waals surface area contributed by atoms with E-state index in [0.29, 0.717) is 10.4 Å². The Kier molecular flexibility index (Phi) is 5.41. The summed E-state index contributed by atoms with van der Waals surface area (Å²) in [5.74, 6) is -0.890. The molecule has 0 saturated heterocycles. The molecule has 0 aliphatic rings. The predicted molar refractivity (Wildman–Crippen MR) is 94.6 cm³/mol. The molecule has 0 saturated carbocycles. The van der Waals surface area contributed by atoms with Crippen molar-refractivity contribution in [1.29, 1.82) is 0 Å². The molecule has 2 aromatic carbocycles. The van der Waals surface area contributed by atoms with E-state index < -0.39 is 23.7 Å². The summed E-state index contributed by atoms with van der Waals surface area (Å²) in [5.41, 5.74) is 0.555. The first-order valence-electron chi connectivity index (χ1n) is 8.09. The van der Waals surface area contributed by atoms with Crippen LogP contribution >= 0.6 is 0 Å². The van der Waals surface area contributed by atoms with Crippen LogP contribution in [-0.2, 0) is 16.1 Å². The lowest BCUT2D eigenvalue weighted by molar-refractivity contribution is -0.148. The lowest BCUT2D eigenvalue weighted by Crippen LogP contribution is -2.45. The Hall–Kier alpha value is -3.75. The first kappa shape index (κ1) is 18.1. The normalized spacial score (nSPS) is 11.6. The zero-order valence-electron chi connectivity index (χ0n) is 14.4. The maximum atomic E-state index is 12.2. The maximum Gasteiger partial charge on any atom is 0.408 e. The van der Waals surface area contributed by atoms with Crippen molar-refractivity contribution in [2.45, 2.75) is 19.6 Å². The molecule has 9 nitrogen and oxygen atoms in total. The van der Waals surface area contributed by atoms with Crippen molar-refractivity contribution in [2.24, 2.45) is 0 Å². The predicted octanol–water partition coefficient (Wildman–Crippen LogP) is 1.06. The monoisotopic (exact) mass is 368 g/mol. The van der Waals surface area contributed by atoms with Gasteiger partial charge in [-0.1, -0.05) is 42.5 Å². The number of carbonyl (C=O) groups excluding carboxylic acids is 2. The molecule has 9 heteroatoms. The van der Waals surface area contributed by atoms with Gasteiger partial charge in [-0.25, -0.2) is 9.59 Å². The fourth-order valence-corrected chi connectivity index (χ4v) is 2.20. The van der Waals surface area contributed by atoms with Crippen LogP contribution in [0.5, 0.6) is 0 Å². The number of nitrogens with zero attached hydrogens (tertiary/aromatic N) is 3. The van der Waals surface area contributed by atoms with Gasteiger partial charge in [0.25, 0.3) is 0 Å². The zero-order valence-corrected chi connectivity index (χ0v) is 14.4. The highest BCUT2D eigenvalue weighted by atomic mass is 16.7. The van der Waals surface area contributed by atoms with Gasteiger partial charge in [0.15, 0.2) is 0 Å². The van der Waals surface area contributed by atoms with E-state index >= 15 is 0 Å². The van der Waals surface area contributed by atoms with Crippen molar-refractivity contribution in [3.05, 3.63) is 70.5 Å². The van der Waals surface area contributed by atoms with Crippen molar-refractivity contribution in [3.8, 4) is 0 Å². The Morgan fingerprint density at radius 2 is 1.81 bits per heavy atom. The standard InChI is InChI=1S/C18H16N4O5/c1-12(19-18(25)26-11-13-7-3-2-4-8-13)17(24)27-22-16(23)14-9-5-6-10-15(14)20-21-22/h2-10,12H,11H2,1H3,(H,19,25)/t12-/m0/s1. The van der Waals surface area contributed by atoms with E-state index in [2.05, 4.69) is 15.6 Å². The SMILES string of the molecule is C[C@H](NC(=O)OCc1ccccc1)C(=O)On1nnc2ccccc2c1=O. The summed E-state index contributed by atoms with van der Waals surface area (Å²) in [6, 6.07) is 14.5. The maximum absolute atomic E-state index is 12.2. The van der Waals surface area contributed by atoms with E-state index in [9.17, 15) is 14.4 Å². The molecule has 3 aromatic rings. The van der Waals surface area contributed by atoms with E-state index in [0.717, 1.165) is 5.56 Å². The van der Waals surface area contributed by atoms with Crippen LogP contribution < -0.4 is 15.7 Å². The van der Waals surface area contributed by atoms with E-state index in [4.69, 9.17) is 9.57 Å². The van der Waals surface area contributed by atoms with Gasteiger partial charge < -0.3 is 14.9 Å². The molecule has 1 N–H and O–H groups in total. The fourth-order valence-electron chi connectivity index (χ4n) is 2.20. The second kappa shape index (κ2) is 8.09. The third-order valence-electron chi connectivity index (χ3n) is 3.62. The van der Waals surface area contributed by atoms with Gasteiger partial charge in [0.2, 0.25) is 0 Å². The van der Waals surface area contributed by atoms with Crippen molar-refractivity contribution in [1.82, 2.24) is 20.5 Å². The van der Waals surface area contributed by atoms with Crippen LogP contribution in [0.4, 0.5) is 4.79 Å². The molecule has 0 spiro atoms. The van der Waals surface area contributed by atoms with E-state index in [-0.39, 0.29) is 12.0 Å².